The zero-order valence-electron chi connectivity index (χ0n) is 9.72. The van der Waals surface area contributed by atoms with E-state index in [9.17, 15) is 0 Å². The first-order chi connectivity index (χ1) is 7.74. The summed E-state index contributed by atoms with van der Waals surface area (Å²) in [5.74, 6) is 2.66. The Morgan fingerprint density at radius 3 is 2.88 bits per heavy atom. The van der Waals surface area contributed by atoms with Gasteiger partial charge < -0.3 is 5.32 Å². The molecule has 0 aromatic heterocycles. The lowest BCUT2D eigenvalue weighted by Crippen LogP contribution is -2.14. The van der Waals surface area contributed by atoms with Crippen molar-refractivity contribution in [2.75, 3.05) is 6.54 Å². The summed E-state index contributed by atoms with van der Waals surface area (Å²) in [6.07, 6.45) is 8.34. The van der Waals surface area contributed by atoms with Gasteiger partial charge in [0, 0.05) is 17.4 Å². The van der Waals surface area contributed by atoms with Crippen LogP contribution in [0.3, 0.4) is 0 Å². The van der Waals surface area contributed by atoms with Crippen molar-refractivity contribution in [1.29, 1.82) is 0 Å². The van der Waals surface area contributed by atoms with E-state index in [0.717, 1.165) is 32.4 Å². The quantitative estimate of drug-likeness (QED) is 0.619. The van der Waals surface area contributed by atoms with Gasteiger partial charge in [0.1, 0.15) is 0 Å². The summed E-state index contributed by atoms with van der Waals surface area (Å²) in [6, 6.07) is 6.45. The lowest BCUT2D eigenvalue weighted by atomic mass is 10.1. The van der Waals surface area contributed by atoms with Crippen molar-refractivity contribution < 1.29 is 0 Å². The molecule has 0 amide bonds. The van der Waals surface area contributed by atoms with Gasteiger partial charge in [0.2, 0.25) is 0 Å². The van der Waals surface area contributed by atoms with Crippen LogP contribution in [0.15, 0.2) is 22.7 Å². The molecule has 1 nitrogen and oxygen atoms in total. The van der Waals surface area contributed by atoms with E-state index in [-0.39, 0.29) is 0 Å². The predicted octanol–water partition coefficient (Wildman–Crippen LogP) is 3.65. The van der Waals surface area contributed by atoms with Gasteiger partial charge in [-0.3, -0.25) is 0 Å². The fourth-order valence-electron chi connectivity index (χ4n) is 1.53. The van der Waals surface area contributed by atoms with Gasteiger partial charge in [-0.1, -0.05) is 28.1 Å². The van der Waals surface area contributed by atoms with Gasteiger partial charge in [-0.15, -0.1) is 12.3 Å². The minimum Gasteiger partial charge on any atom is -0.313 e. The first kappa shape index (κ1) is 13.3. The Hall–Kier alpha value is -0.780. The number of hydrogen-bond acceptors (Lipinski definition) is 1. The van der Waals surface area contributed by atoms with E-state index in [2.05, 4.69) is 52.3 Å². The van der Waals surface area contributed by atoms with Crippen LogP contribution in [-0.4, -0.2) is 6.54 Å². The lowest BCUT2D eigenvalue weighted by Gasteiger charge is -2.06. The van der Waals surface area contributed by atoms with Crippen molar-refractivity contribution >= 4 is 15.9 Å². The topological polar surface area (TPSA) is 12.0 Å². The molecule has 1 aromatic rings. The maximum absolute atomic E-state index is 5.19. The van der Waals surface area contributed by atoms with E-state index >= 15 is 0 Å². The molecule has 0 saturated carbocycles. The standard InChI is InChI=1S/C14H18BrN/c1-3-4-5-6-9-16-11-13-7-8-14(15)12(2)10-13/h1,7-8,10,16H,4-6,9,11H2,2H3. The lowest BCUT2D eigenvalue weighted by molar-refractivity contribution is 0.629. The molecule has 0 saturated heterocycles. The van der Waals surface area contributed by atoms with Gasteiger partial charge in [-0.05, 0) is 43.5 Å². The number of unbranched alkanes of at least 4 members (excludes halogenated alkanes) is 2. The molecular weight excluding hydrogens is 262 g/mol. The molecule has 86 valence electrons. The normalized spacial score (nSPS) is 10.1. The number of hydrogen-bond donors (Lipinski definition) is 1. The Kier molecular flexibility index (Phi) is 6.22. The summed E-state index contributed by atoms with van der Waals surface area (Å²) in [5.41, 5.74) is 2.62. The molecule has 0 radical (unpaired) electrons. The summed E-state index contributed by atoms with van der Waals surface area (Å²) in [5, 5.41) is 3.42. The van der Waals surface area contributed by atoms with Crippen LogP contribution in [0.2, 0.25) is 0 Å². The van der Waals surface area contributed by atoms with Crippen molar-refractivity contribution in [3.63, 3.8) is 0 Å². The van der Waals surface area contributed by atoms with E-state index in [1.165, 1.54) is 15.6 Å². The molecule has 0 aliphatic heterocycles. The molecular formula is C14H18BrN. The van der Waals surface area contributed by atoms with Crippen molar-refractivity contribution in [3.8, 4) is 12.3 Å². The summed E-state index contributed by atoms with van der Waals surface area (Å²) >= 11 is 3.50. The zero-order valence-corrected chi connectivity index (χ0v) is 11.3. The Morgan fingerprint density at radius 2 is 2.19 bits per heavy atom. The highest BCUT2D eigenvalue weighted by Gasteiger charge is 1.96. The molecule has 0 atom stereocenters. The van der Waals surface area contributed by atoms with E-state index < -0.39 is 0 Å². The van der Waals surface area contributed by atoms with Gasteiger partial charge in [0.05, 0.1) is 0 Å². The molecule has 2 heteroatoms. The van der Waals surface area contributed by atoms with Gasteiger partial charge in [-0.25, -0.2) is 0 Å². The molecule has 0 unspecified atom stereocenters. The van der Waals surface area contributed by atoms with Crippen molar-refractivity contribution in [2.45, 2.75) is 32.7 Å². The third kappa shape index (κ3) is 4.83. The van der Waals surface area contributed by atoms with Crippen LogP contribution < -0.4 is 5.32 Å². The van der Waals surface area contributed by atoms with Crippen LogP contribution in [0, 0.1) is 19.3 Å². The molecule has 16 heavy (non-hydrogen) atoms. The van der Waals surface area contributed by atoms with Crippen LogP contribution in [0.4, 0.5) is 0 Å². The fraction of sp³-hybridized carbons (Fsp3) is 0.429. The van der Waals surface area contributed by atoms with Crippen molar-refractivity contribution in [2.24, 2.45) is 0 Å². The minimum absolute atomic E-state index is 0.888. The van der Waals surface area contributed by atoms with E-state index in [1.54, 1.807) is 0 Å². The van der Waals surface area contributed by atoms with Gasteiger partial charge >= 0.3 is 0 Å². The predicted molar refractivity (Wildman–Crippen MR) is 73.3 cm³/mol. The Labute approximate surface area is 107 Å². The SMILES string of the molecule is C#CCCCCNCc1ccc(Br)c(C)c1. The molecule has 1 rings (SSSR count). The Morgan fingerprint density at radius 1 is 1.38 bits per heavy atom. The second-order valence-electron chi connectivity index (χ2n) is 3.92. The smallest absolute Gasteiger partial charge is 0.0205 e. The van der Waals surface area contributed by atoms with Crippen LogP contribution in [0.5, 0.6) is 0 Å². The average Bonchev–Trinajstić information content (AvgIpc) is 2.28. The number of rotatable bonds is 6. The van der Waals surface area contributed by atoms with Crippen LogP contribution in [0.1, 0.15) is 30.4 Å². The van der Waals surface area contributed by atoms with Crippen molar-refractivity contribution in [3.05, 3.63) is 33.8 Å². The van der Waals surface area contributed by atoms with Crippen molar-refractivity contribution in [1.82, 2.24) is 5.32 Å². The Bertz CT molecular complexity index is 365. The highest BCUT2D eigenvalue weighted by Crippen LogP contribution is 2.16. The van der Waals surface area contributed by atoms with Gasteiger partial charge in [0.15, 0.2) is 0 Å². The highest BCUT2D eigenvalue weighted by atomic mass is 79.9. The molecule has 1 N–H and O–H groups in total. The second kappa shape index (κ2) is 7.49. The number of nitrogens with one attached hydrogen (secondary N) is 1. The Balaban J connectivity index is 2.22. The van der Waals surface area contributed by atoms with Gasteiger partial charge in [-0.2, -0.15) is 0 Å². The average molecular weight is 280 g/mol. The molecule has 0 fully saturated rings. The van der Waals surface area contributed by atoms with Crippen LogP contribution >= 0.6 is 15.9 Å². The second-order valence-corrected chi connectivity index (χ2v) is 4.78. The van der Waals surface area contributed by atoms with E-state index in [4.69, 9.17) is 6.42 Å². The molecule has 1 aromatic carbocycles. The minimum atomic E-state index is 0.888. The van der Waals surface area contributed by atoms with E-state index in [1.807, 2.05) is 0 Å². The largest absolute Gasteiger partial charge is 0.313 e. The summed E-state index contributed by atoms with van der Waals surface area (Å²) < 4.78 is 1.17. The summed E-state index contributed by atoms with van der Waals surface area (Å²) in [7, 11) is 0. The number of aryl methyl sites for hydroxylation is 1. The van der Waals surface area contributed by atoms with Gasteiger partial charge in [0.25, 0.3) is 0 Å². The third-order valence-electron chi connectivity index (χ3n) is 2.48. The molecule has 0 bridgehead atoms. The first-order valence-corrected chi connectivity index (χ1v) is 6.42. The maximum Gasteiger partial charge on any atom is 0.0205 e. The number of halogens is 1. The first-order valence-electron chi connectivity index (χ1n) is 5.63. The summed E-state index contributed by atoms with van der Waals surface area (Å²) in [6.45, 7) is 4.08. The number of terminal acetylenes is 1. The van der Waals surface area contributed by atoms with Crippen LogP contribution in [0.25, 0.3) is 0 Å². The highest BCUT2D eigenvalue weighted by molar-refractivity contribution is 9.10. The molecule has 0 heterocycles. The molecule has 0 spiro atoms. The zero-order chi connectivity index (χ0) is 11.8. The molecule has 0 aliphatic rings. The fourth-order valence-corrected chi connectivity index (χ4v) is 1.77. The summed E-state index contributed by atoms with van der Waals surface area (Å²) in [4.78, 5) is 0. The maximum atomic E-state index is 5.19. The molecule has 0 aliphatic carbocycles. The monoisotopic (exact) mass is 279 g/mol. The number of benzene rings is 1. The van der Waals surface area contributed by atoms with Crippen LogP contribution in [-0.2, 0) is 6.54 Å². The van der Waals surface area contributed by atoms with E-state index in [0.29, 0.717) is 0 Å². The third-order valence-corrected chi connectivity index (χ3v) is 3.37.